The Balaban J connectivity index is 1.38. The van der Waals surface area contributed by atoms with E-state index in [9.17, 15) is 5.11 Å². The second-order valence-electron chi connectivity index (χ2n) is 9.35. The minimum Gasteiger partial charge on any atom is -0.489 e. The Labute approximate surface area is 199 Å². The van der Waals surface area contributed by atoms with E-state index in [4.69, 9.17) is 14.2 Å². The standard InChI is InChI=1S/C29H29NO4/c31-17-20-8-10-30(11-9-20)16-23-12-22-13-28-29(34-19-33-28)15-26(22)27-14-24(6-7-25(23)27)32-18-21-4-2-1-3-5-21/h1-7,12-15,20,31H,8-11,16-19H2. The molecule has 0 aromatic heterocycles. The topological polar surface area (TPSA) is 51.2 Å². The summed E-state index contributed by atoms with van der Waals surface area (Å²) in [5.41, 5.74) is 2.45. The molecule has 0 saturated carbocycles. The highest BCUT2D eigenvalue weighted by atomic mass is 16.7. The molecule has 0 atom stereocenters. The van der Waals surface area contributed by atoms with Crippen molar-refractivity contribution in [3.8, 4) is 17.2 Å². The molecule has 0 unspecified atom stereocenters. The van der Waals surface area contributed by atoms with E-state index in [0.717, 1.165) is 66.1 Å². The molecule has 5 nitrogen and oxygen atoms in total. The predicted molar refractivity (Wildman–Crippen MR) is 133 cm³/mol. The molecule has 0 bridgehead atoms. The first-order valence-electron chi connectivity index (χ1n) is 12.1. The average molecular weight is 456 g/mol. The van der Waals surface area contributed by atoms with Gasteiger partial charge >= 0.3 is 0 Å². The van der Waals surface area contributed by atoms with E-state index in [2.05, 4.69) is 53.4 Å². The predicted octanol–water partition coefficient (Wildman–Crippen LogP) is 5.51. The first-order chi connectivity index (χ1) is 16.8. The van der Waals surface area contributed by atoms with Gasteiger partial charge in [-0.1, -0.05) is 36.4 Å². The smallest absolute Gasteiger partial charge is 0.231 e. The second kappa shape index (κ2) is 9.16. The molecule has 1 N–H and O–H groups in total. The highest BCUT2D eigenvalue weighted by molar-refractivity contribution is 6.10. The SMILES string of the molecule is OCC1CCN(Cc2cc3cc4c(cc3c3cc(OCc5ccccc5)ccc23)OCO4)CC1. The van der Waals surface area contributed by atoms with E-state index in [1.807, 2.05) is 18.2 Å². The van der Waals surface area contributed by atoms with Crippen LogP contribution >= 0.6 is 0 Å². The molecular weight excluding hydrogens is 426 g/mol. The van der Waals surface area contributed by atoms with Gasteiger partial charge in [-0.05, 0) is 94.9 Å². The zero-order valence-electron chi connectivity index (χ0n) is 19.2. The highest BCUT2D eigenvalue weighted by Crippen LogP contribution is 2.41. The minimum atomic E-state index is 0.266. The summed E-state index contributed by atoms with van der Waals surface area (Å²) in [6, 6.07) is 23.1. The van der Waals surface area contributed by atoms with Crippen LogP contribution in [0.2, 0.25) is 0 Å². The summed E-state index contributed by atoms with van der Waals surface area (Å²) < 4.78 is 17.5. The number of rotatable bonds is 6. The maximum atomic E-state index is 9.49. The fourth-order valence-corrected chi connectivity index (χ4v) is 5.13. The van der Waals surface area contributed by atoms with Crippen LogP contribution < -0.4 is 14.2 Å². The van der Waals surface area contributed by atoms with Crippen LogP contribution in [0.4, 0.5) is 0 Å². The van der Waals surface area contributed by atoms with E-state index in [1.54, 1.807) is 0 Å². The fraction of sp³-hybridized carbons (Fsp3) is 0.310. The summed E-state index contributed by atoms with van der Waals surface area (Å²) in [5.74, 6) is 2.89. The van der Waals surface area contributed by atoms with Crippen LogP contribution in [-0.4, -0.2) is 36.5 Å². The lowest BCUT2D eigenvalue weighted by molar-refractivity contribution is 0.127. The Morgan fingerprint density at radius 3 is 2.44 bits per heavy atom. The molecule has 1 saturated heterocycles. The number of aliphatic hydroxyl groups is 1. The van der Waals surface area contributed by atoms with Crippen molar-refractivity contribution in [1.82, 2.24) is 4.90 Å². The molecule has 4 aromatic rings. The number of benzene rings is 4. The molecule has 4 aromatic carbocycles. The van der Waals surface area contributed by atoms with Crippen LogP contribution in [0.3, 0.4) is 0 Å². The Bertz CT molecular complexity index is 1310. The summed E-state index contributed by atoms with van der Waals surface area (Å²) >= 11 is 0. The maximum Gasteiger partial charge on any atom is 0.231 e. The Hall–Kier alpha value is -3.28. The lowest BCUT2D eigenvalue weighted by Gasteiger charge is -2.31. The molecule has 2 aliphatic rings. The lowest BCUT2D eigenvalue weighted by atomic mass is 9.94. The van der Waals surface area contributed by atoms with E-state index < -0.39 is 0 Å². The van der Waals surface area contributed by atoms with Crippen LogP contribution in [0, 0.1) is 5.92 Å². The van der Waals surface area contributed by atoms with Crippen molar-refractivity contribution in [2.24, 2.45) is 5.92 Å². The Kier molecular flexibility index (Phi) is 5.73. The van der Waals surface area contributed by atoms with E-state index in [-0.39, 0.29) is 6.79 Å². The van der Waals surface area contributed by atoms with Crippen molar-refractivity contribution in [2.45, 2.75) is 26.0 Å². The molecule has 174 valence electrons. The van der Waals surface area contributed by atoms with Crippen LogP contribution in [0.1, 0.15) is 24.0 Å². The van der Waals surface area contributed by atoms with E-state index in [0.29, 0.717) is 19.1 Å². The van der Waals surface area contributed by atoms with Gasteiger partial charge in [-0.25, -0.2) is 0 Å². The Morgan fingerprint density at radius 1 is 0.853 bits per heavy atom. The summed E-state index contributed by atoms with van der Waals surface area (Å²) in [6.07, 6.45) is 2.11. The summed E-state index contributed by atoms with van der Waals surface area (Å²) in [4.78, 5) is 2.50. The third-order valence-electron chi connectivity index (χ3n) is 7.11. The summed E-state index contributed by atoms with van der Waals surface area (Å²) in [7, 11) is 0. The fourth-order valence-electron chi connectivity index (χ4n) is 5.13. The first-order valence-corrected chi connectivity index (χ1v) is 12.1. The van der Waals surface area contributed by atoms with Crippen molar-refractivity contribution in [3.63, 3.8) is 0 Å². The minimum absolute atomic E-state index is 0.266. The molecule has 0 amide bonds. The highest BCUT2D eigenvalue weighted by Gasteiger charge is 2.21. The van der Waals surface area contributed by atoms with Crippen LogP contribution in [-0.2, 0) is 13.2 Å². The van der Waals surface area contributed by atoms with Gasteiger partial charge in [0.2, 0.25) is 6.79 Å². The maximum absolute atomic E-state index is 9.49. The molecule has 0 aliphatic carbocycles. The molecule has 34 heavy (non-hydrogen) atoms. The number of hydrogen-bond acceptors (Lipinski definition) is 5. The quantitative estimate of drug-likeness (QED) is 0.389. The second-order valence-corrected chi connectivity index (χ2v) is 9.35. The number of aliphatic hydroxyl groups excluding tert-OH is 1. The van der Waals surface area contributed by atoms with Gasteiger partial charge in [0.1, 0.15) is 12.4 Å². The van der Waals surface area contributed by atoms with Crippen molar-refractivity contribution >= 4 is 21.5 Å². The molecule has 2 heterocycles. The number of likely N-dealkylation sites (tertiary alicyclic amines) is 1. The first kappa shape index (κ1) is 21.3. The average Bonchev–Trinajstić information content (AvgIpc) is 3.35. The zero-order chi connectivity index (χ0) is 22.9. The molecule has 6 rings (SSSR count). The third-order valence-corrected chi connectivity index (χ3v) is 7.11. The summed E-state index contributed by atoms with van der Waals surface area (Å²) in [5, 5.41) is 14.2. The number of hydrogen-bond donors (Lipinski definition) is 1. The molecule has 1 fully saturated rings. The number of fused-ring (bicyclic) bond motifs is 4. The van der Waals surface area contributed by atoms with Crippen molar-refractivity contribution in [2.75, 3.05) is 26.5 Å². The molecular formula is C29H29NO4. The lowest BCUT2D eigenvalue weighted by Crippen LogP contribution is -2.34. The summed E-state index contributed by atoms with van der Waals surface area (Å²) in [6.45, 7) is 4.03. The van der Waals surface area contributed by atoms with Crippen LogP contribution in [0.5, 0.6) is 17.2 Å². The number of nitrogens with zero attached hydrogens (tertiary/aromatic N) is 1. The number of ether oxygens (including phenoxy) is 3. The molecule has 0 radical (unpaired) electrons. The van der Waals surface area contributed by atoms with Gasteiger partial charge in [-0.3, -0.25) is 4.90 Å². The van der Waals surface area contributed by atoms with Crippen molar-refractivity contribution < 1.29 is 19.3 Å². The van der Waals surface area contributed by atoms with Crippen molar-refractivity contribution in [3.05, 3.63) is 77.9 Å². The number of piperidine rings is 1. The molecule has 2 aliphatic heterocycles. The van der Waals surface area contributed by atoms with Crippen molar-refractivity contribution in [1.29, 1.82) is 0 Å². The van der Waals surface area contributed by atoms with Gasteiger partial charge in [-0.15, -0.1) is 0 Å². The van der Waals surface area contributed by atoms with E-state index in [1.165, 1.54) is 16.3 Å². The monoisotopic (exact) mass is 455 g/mol. The van der Waals surface area contributed by atoms with Gasteiger partial charge < -0.3 is 19.3 Å². The van der Waals surface area contributed by atoms with Gasteiger partial charge in [-0.2, -0.15) is 0 Å². The van der Waals surface area contributed by atoms with Crippen LogP contribution in [0.15, 0.2) is 66.7 Å². The largest absolute Gasteiger partial charge is 0.489 e. The normalized spacial score (nSPS) is 16.4. The van der Waals surface area contributed by atoms with Gasteiger partial charge in [0.05, 0.1) is 0 Å². The zero-order valence-corrected chi connectivity index (χ0v) is 19.2. The van der Waals surface area contributed by atoms with Gasteiger partial charge in [0, 0.05) is 13.2 Å². The molecule has 0 spiro atoms. The van der Waals surface area contributed by atoms with Gasteiger partial charge in [0.15, 0.2) is 11.5 Å². The van der Waals surface area contributed by atoms with Gasteiger partial charge in [0.25, 0.3) is 0 Å². The Morgan fingerprint density at radius 2 is 1.65 bits per heavy atom. The third kappa shape index (κ3) is 4.17. The van der Waals surface area contributed by atoms with E-state index >= 15 is 0 Å². The van der Waals surface area contributed by atoms with Crippen LogP contribution in [0.25, 0.3) is 21.5 Å². The molecule has 5 heteroatoms.